The van der Waals surface area contributed by atoms with Crippen molar-refractivity contribution >= 4 is 46.2 Å². The number of hydrogen-bond donors (Lipinski definition) is 5. The van der Waals surface area contributed by atoms with Crippen molar-refractivity contribution in [2.45, 2.75) is 18.4 Å². The number of nitrogens with zero attached hydrogens (tertiary/aromatic N) is 1. The zero-order valence-corrected chi connectivity index (χ0v) is 21.1. The summed E-state index contributed by atoms with van der Waals surface area (Å²) in [5.74, 6) is -5.79. The topological polar surface area (TPSA) is 158 Å². The van der Waals surface area contributed by atoms with E-state index < -0.39 is 30.3 Å². The number of benzene rings is 2. The van der Waals surface area contributed by atoms with E-state index in [0.29, 0.717) is 16.3 Å². The Bertz CT molecular complexity index is 1470. The fourth-order valence-electron chi connectivity index (χ4n) is 2.99. The number of fused-ring (bicyclic) bond motifs is 1. The van der Waals surface area contributed by atoms with Crippen molar-refractivity contribution in [2.24, 2.45) is 5.73 Å². The first kappa shape index (κ1) is 32.6. The SMILES string of the molecule is NC(C(=O)Nc1ccc(-c2ccnc3[nH]ccc23)cc1)c1ccc(Cl)cc1.O=C(O)C(F)(F)F.O=C(O)C(F)(F)F. The highest BCUT2D eigenvalue weighted by atomic mass is 35.5. The minimum Gasteiger partial charge on any atom is -0.475 e. The number of carboxylic acids is 2. The molecule has 0 saturated heterocycles. The molecule has 0 aliphatic rings. The first-order valence-electron chi connectivity index (χ1n) is 11.0. The van der Waals surface area contributed by atoms with E-state index in [1.807, 2.05) is 42.6 Å². The number of nitrogens with two attached hydrogens (primary N) is 1. The van der Waals surface area contributed by atoms with Gasteiger partial charge in [-0.3, -0.25) is 4.79 Å². The van der Waals surface area contributed by atoms with Crippen molar-refractivity contribution in [1.82, 2.24) is 9.97 Å². The molecule has 9 nitrogen and oxygen atoms in total. The Morgan fingerprint density at radius 3 is 1.85 bits per heavy atom. The maximum atomic E-state index is 12.4. The standard InChI is InChI=1S/C21H17ClN4O.2C2HF3O2/c22-15-5-1-14(2-6-15)19(23)21(27)26-16-7-3-13(4-8-16)17-9-11-24-20-18(17)10-12-25-20;2*3-2(4,5)1(6)7/h1-12,19H,23H2,(H,24,25)(H,26,27);2*(H,6,7). The highest BCUT2D eigenvalue weighted by Gasteiger charge is 2.38. The molecule has 2 aromatic carbocycles. The summed E-state index contributed by atoms with van der Waals surface area (Å²) in [4.78, 5) is 37.6. The molecule has 1 amide bonds. The summed E-state index contributed by atoms with van der Waals surface area (Å²) in [5.41, 5.74) is 10.4. The van der Waals surface area contributed by atoms with Crippen LogP contribution < -0.4 is 11.1 Å². The van der Waals surface area contributed by atoms with Crippen LogP contribution in [0.3, 0.4) is 0 Å². The number of nitrogens with one attached hydrogen (secondary N) is 2. The number of carbonyl (C=O) groups is 3. The number of anilines is 1. The molecule has 0 bridgehead atoms. The second-order valence-corrected chi connectivity index (χ2v) is 8.24. The fraction of sp³-hybridized carbons (Fsp3) is 0.120. The zero-order valence-electron chi connectivity index (χ0n) is 20.3. The second-order valence-electron chi connectivity index (χ2n) is 7.80. The van der Waals surface area contributed by atoms with Crippen LogP contribution in [0.25, 0.3) is 22.2 Å². The maximum Gasteiger partial charge on any atom is 0.490 e. The number of halogens is 7. The molecule has 1 atom stereocenters. The number of alkyl halides is 6. The minimum absolute atomic E-state index is 0.276. The van der Waals surface area contributed by atoms with E-state index in [1.165, 1.54) is 0 Å². The van der Waals surface area contributed by atoms with Gasteiger partial charge in [0.15, 0.2) is 0 Å². The molecule has 16 heteroatoms. The lowest BCUT2D eigenvalue weighted by molar-refractivity contribution is -0.193. The highest BCUT2D eigenvalue weighted by molar-refractivity contribution is 6.30. The number of carbonyl (C=O) groups excluding carboxylic acids is 1. The molecule has 0 spiro atoms. The van der Waals surface area contributed by atoms with Crippen LogP contribution in [0.15, 0.2) is 73.1 Å². The van der Waals surface area contributed by atoms with Crippen LogP contribution in [0.4, 0.5) is 32.0 Å². The summed E-state index contributed by atoms with van der Waals surface area (Å²) < 4.78 is 63.5. The predicted octanol–water partition coefficient (Wildman–Crippen LogP) is 5.79. The van der Waals surface area contributed by atoms with Crippen molar-refractivity contribution in [3.8, 4) is 11.1 Å². The Kier molecular flexibility index (Phi) is 10.8. The zero-order chi connectivity index (χ0) is 31.0. The van der Waals surface area contributed by atoms with Gasteiger partial charge in [-0.2, -0.15) is 26.3 Å². The minimum atomic E-state index is -5.08. The molecule has 2 aromatic heterocycles. The predicted molar refractivity (Wildman–Crippen MR) is 136 cm³/mol. The number of aromatic amines is 1. The van der Waals surface area contributed by atoms with Crippen LogP contribution in [0, 0.1) is 0 Å². The van der Waals surface area contributed by atoms with Gasteiger partial charge in [0.25, 0.3) is 0 Å². The van der Waals surface area contributed by atoms with E-state index in [2.05, 4.69) is 15.3 Å². The van der Waals surface area contributed by atoms with Crippen molar-refractivity contribution in [3.05, 3.63) is 83.6 Å². The monoisotopic (exact) mass is 604 g/mol. The molecule has 41 heavy (non-hydrogen) atoms. The Balaban J connectivity index is 0.000000349. The quantitative estimate of drug-likeness (QED) is 0.184. The number of carboxylic acid groups (broad SMARTS) is 2. The van der Waals surface area contributed by atoms with Crippen LogP contribution in [0.1, 0.15) is 11.6 Å². The highest BCUT2D eigenvalue weighted by Crippen LogP contribution is 2.28. The third-order valence-corrected chi connectivity index (χ3v) is 5.17. The van der Waals surface area contributed by atoms with E-state index in [4.69, 9.17) is 37.1 Å². The first-order chi connectivity index (χ1) is 19.0. The summed E-state index contributed by atoms with van der Waals surface area (Å²) in [6.07, 6.45) is -6.52. The van der Waals surface area contributed by atoms with Gasteiger partial charge in [0.05, 0.1) is 0 Å². The van der Waals surface area contributed by atoms with Gasteiger partial charge in [0.2, 0.25) is 5.91 Å². The fourth-order valence-corrected chi connectivity index (χ4v) is 3.11. The molecule has 2 heterocycles. The van der Waals surface area contributed by atoms with Gasteiger partial charge < -0.3 is 26.2 Å². The van der Waals surface area contributed by atoms with E-state index in [-0.39, 0.29) is 5.91 Å². The normalized spacial score (nSPS) is 11.8. The average molecular weight is 605 g/mol. The number of hydrogen-bond acceptors (Lipinski definition) is 5. The molecule has 0 radical (unpaired) electrons. The van der Waals surface area contributed by atoms with Gasteiger partial charge in [-0.15, -0.1) is 0 Å². The molecule has 0 aliphatic carbocycles. The van der Waals surface area contributed by atoms with Crippen LogP contribution in [-0.2, 0) is 14.4 Å². The maximum absolute atomic E-state index is 12.4. The summed E-state index contributed by atoms with van der Waals surface area (Å²) in [5, 5.41) is 18.8. The van der Waals surface area contributed by atoms with Gasteiger partial charge in [-0.1, -0.05) is 35.9 Å². The van der Waals surface area contributed by atoms with Crippen LogP contribution in [-0.4, -0.2) is 50.4 Å². The van der Waals surface area contributed by atoms with Gasteiger partial charge >= 0.3 is 24.3 Å². The van der Waals surface area contributed by atoms with Gasteiger partial charge in [0, 0.05) is 28.5 Å². The van der Waals surface area contributed by atoms with E-state index >= 15 is 0 Å². The van der Waals surface area contributed by atoms with E-state index in [9.17, 15) is 31.1 Å². The Morgan fingerprint density at radius 1 is 0.854 bits per heavy atom. The third-order valence-electron chi connectivity index (χ3n) is 4.92. The summed E-state index contributed by atoms with van der Waals surface area (Å²) >= 11 is 5.87. The van der Waals surface area contributed by atoms with Crippen molar-refractivity contribution in [3.63, 3.8) is 0 Å². The average Bonchev–Trinajstić information content (AvgIpc) is 3.38. The van der Waals surface area contributed by atoms with Gasteiger partial charge in [-0.05, 0) is 53.1 Å². The molecule has 0 aliphatic heterocycles. The van der Waals surface area contributed by atoms with Crippen molar-refractivity contribution in [2.75, 3.05) is 5.32 Å². The lowest BCUT2D eigenvalue weighted by atomic mass is 10.0. The molecule has 0 fully saturated rings. The van der Waals surface area contributed by atoms with Crippen molar-refractivity contribution < 1.29 is 50.9 Å². The third kappa shape index (κ3) is 9.81. The van der Waals surface area contributed by atoms with Crippen molar-refractivity contribution in [1.29, 1.82) is 0 Å². The lowest BCUT2D eigenvalue weighted by Gasteiger charge is -2.13. The van der Waals surface area contributed by atoms with E-state index in [1.54, 1.807) is 30.5 Å². The lowest BCUT2D eigenvalue weighted by Crippen LogP contribution is -2.27. The largest absolute Gasteiger partial charge is 0.490 e. The number of rotatable bonds is 4. The molecular weight excluding hydrogens is 586 g/mol. The summed E-state index contributed by atoms with van der Waals surface area (Å²) in [6, 6.07) is 17.8. The number of pyridine rings is 1. The molecule has 218 valence electrons. The van der Waals surface area contributed by atoms with Crippen LogP contribution in [0.5, 0.6) is 0 Å². The number of aliphatic carboxylic acids is 2. The number of H-pyrrole nitrogens is 1. The molecule has 4 aromatic rings. The first-order valence-corrected chi connectivity index (χ1v) is 11.3. The summed E-state index contributed by atoms with van der Waals surface area (Å²) in [7, 11) is 0. The second kappa shape index (κ2) is 13.6. The Morgan fingerprint density at radius 2 is 1.37 bits per heavy atom. The molecule has 0 saturated carbocycles. The van der Waals surface area contributed by atoms with Gasteiger partial charge in [0.1, 0.15) is 11.7 Å². The van der Waals surface area contributed by atoms with E-state index in [0.717, 1.165) is 22.2 Å². The van der Waals surface area contributed by atoms with Crippen LogP contribution >= 0.6 is 11.6 Å². The molecular formula is C25H19ClF6N4O5. The summed E-state index contributed by atoms with van der Waals surface area (Å²) in [6.45, 7) is 0. The Labute approximate surface area is 231 Å². The van der Waals surface area contributed by atoms with Crippen LogP contribution in [0.2, 0.25) is 5.02 Å². The smallest absolute Gasteiger partial charge is 0.475 e. The Hall–Kier alpha value is -4.63. The number of aromatic nitrogens is 2. The molecule has 4 rings (SSSR count). The molecule has 1 unspecified atom stereocenters. The molecule has 6 N–H and O–H groups in total. The van der Waals surface area contributed by atoms with Gasteiger partial charge in [-0.25, -0.2) is 14.6 Å². The number of amides is 1.